The maximum absolute atomic E-state index is 12.2. The van der Waals surface area contributed by atoms with Gasteiger partial charge in [-0.05, 0) is 37.5 Å². The first-order chi connectivity index (χ1) is 15.1. The number of carbonyl (C=O) groups is 3. The van der Waals surface area contributed by atoms with E-state index in [4.69, 9.17) is 4.74 Å². The van der Waals surface area contributed by atoms with Crippen LogP contribution in [0, 0.1) is 17.8 Å². The second-order valence-corrected chi connectivity index (χ2v) is 10.3. The summed E-state index contributed by atoms with van der Waals surface area (Å²) in [6.07, 6.45) is 9.92. The lowest BCUT2D eigenvalue weighted by atomic mass is 9.93. The highest BCUT2D eigenvalue weighted by Gasteiger charge is 2.42. The number of nitrogens with one attached hydrogen (secondary N) is 4. The van der Waals surface area contributed by atoms with Crippen molar-refractivity contribution in [3.8, 4) is 0 Å². The highest BCUT2D eigenvalue weighted by molar-refractivity contribution is 8.00. The minimum atomic E-state index is -0.0534. The Hall–Kier alpha value is -1.74. The fraction of sp³-hybridized carbons (Fsp3) is 0.773. The third-order valence-electron chi connectivity index (χ3n) is 6.81. The monoisotopic (exact) mass is 450 g/mol. The number of thioether (sulfide) groups is 1. The molecule has 3 unspecified atom stereocenters. The van der Waals surface area contributed by atoms with Gasteiger partial charge in [-0.25, -0.2) is 4.79 Å². The van der Waals surface area contributed by atoms with E-state index in [0.29, 0.717) is 49.8 Å². The van der Waals surface area contributed by atoms with Gasteiger partial charge < -0.3 is 26.0 Å². The van der Waals surface area contributed by atoms with E-state index in [1.54, 1.807) is 0 Å². The first kappa shape index (κ1) is 22.5. The number of hydrogen-bond donors (Lipinski definition) is 4. The summed E-state index contributed by atoms with van der Waals surface area (Å²) in [6, 6.07) is 0.440. The van der Waals surface area contributed by atoms with Crippen molar-refractivity contribution in [1.29, 1.82) is 0 Å². The van der Waals surface area contributed by atoms with Crippen molar-refractivity contribution in [3.63, 3.8) is 0 Å². The number of unbranched alkanes of at least 4 members (excludes halogenated alkanes) is 1. The standard InChI is InChI=1S/C22H34N4O4S/c27-19(4-2-1-3-18-20-17(13-31-18)25-22(29)26-20)23-7-9-30-10-8-24-21(28)16-12-14-5-6-15(16)11-14/h5-6,14-18,20H,1-4,7-13H2,(H,23,27)(H,24,28)(H2,25,26,29)/t14?,15?,16?,17-,18-,20-/m0/s1. The van der Waals surface area contributed by atoms with E-state index in [1.807, 2.05) is 11.8 Å². The average Bonchev–Trinajstić information content (AvgIpc) is 3.52. The van der Waals surface area contributed by atoms with Gasteiger partial charge in [0, 0.05) is 36.4 Å². The van der Waals surface area contributed by atoms with Gasteiger partial charge in [-0.1, -0.05) is 18.6 Å². The number of urea groups is 1. The van der Waals surface area contributed by atoms with Gasteiger partial charge in [-0.2, -0.15) is 11.8 Å². The molecule has 4 amide bonds. The Labute approximate surface area is 188 Å². The summed E-state index contributed by atoms with van der Waals surface area (Å²) in [4.78, 5) is 35.6. The molecule has 4 N–H and O–H groups in total. The topological polar surface area (TPSA) is 109 Å². The van der Waals surface area contributed by atoms with Crippen molar-refractivity contribution in [1.82, 2.24) is 21.3 Å². The van der Waals surface area contributed by atoms with Crippen LogP contribution in [0.25, 0.3) is 0 Å². The minimum absolute atomic E-state index is 0.0500. The van der Waals surface area contributed by atoms with E-state index in [9.17, 15) is 14.4 Å². The zero-order valence-corrected chi connectivity index (χ0v) is 18.8. The summed E-state index contributed by atoms with van der Waals surface area (Å²) in [5.41, 5.74) is 0. The number of hydrogen-bond acceptors (Lipinski definition) is 5. The second-order valence-electron chi connectivity index (χ2n) is 9.01. The van der Waals surface area contributed by atoms with Gasteiger partial charge in [-0.3, -0.25) is 9.59 Å². The number of amides is 4. The molecule has 2 heterocycles. The van der Waals surface area contributed by atoms with Gasteiger partial charge in [0.25, 0.3) is 0 Å². The first-order valence-corrected chi connectivity index (χ1v) is 12.6. The third kappa shape index (κ3) is 5.94. The predicted molar refractivity (Wildman–Crippen MR) is 120 cm³/mol. The summed E-state index contributed by atoms with van der Waals surface area (Å²) in [6.45, 7) is 1.92. The van der Waals surface area contributed by atoms with Gasteiger partial charge >= 0.3 is 6.03 Å². The van der Waals surface area contributed by atoms with Crippen LogP contribution in [0.4, 0.5) is 4.79 Å². The van der Waals surface area contributed by atoms with Gasteiger partial charge in [0.05, 0.1) is 25.3 Å². The number of fused-ring (bicyclic) bond motifs is 3. The fourth-order valence-corrected chi connectivity index (χ4v) is 6.73. The normalized spacial score (nSPS) is 32.6. The van der Waals surface area contributed by atoms with Gasteiger partial charge in [0.15, 0.2) is 0 Å². The molecule has 0 aromatic rings. The van der Waals surface area contributed by atoms with E-state index < -0.39 is 0 Å². The smallest absolute Gasteiger partial charge is 0.315 e. The van der Waals surface area contributed by atoms with Crippen LogP contribution in [-0.2, 0) is 14.3 Å². The van der Waals surface area contributed by atoms with E-state index >= 15 is 0 Å². The molecule has 2 bridgehead atoms. The van der Waals surface area contributed by atoms with Gasteiger partial charge in [0.1, 0.15) is 0 Å². The Morgan fingerprint density at radius 1 is 1.10 bits per heavy atom. The van der Waals surface area contributed by atoms with Crippen molar-refractivity contribution in [2.45, 2.75) is 55.9 Å². The SMILES string of the molecule is O=C(CCCC[C@@H]1SC[C@@H]2NC(=O)N[C@@H]21)NCCOCCNC(=O)C1CC2C=CC1C2. The Balaban J connectivity index is 0.955. The summed E-state index contributed by atoms with van der Waals surface area (Å²) in [5, 5.41) is 12.3. The lowest BCUT2D eigenvalue weighted by molar-refractivity contribution is -0.126. The van der Waals surface area contributed by atoms with Crippen molar-refractivity contribution >= 4 is 29.6 Å². The molecular formula is C22H34N4O4S. The number of allylic oxidation sites excluding steroid dienone is 2. The van der Waals surface area contributed by atoms with Crippen LogP contribution in [0.5, 0.6) is 0 Å². The van der Waals surface area contributed by atoms with Crippen LogP contribution >= 0.6 is 11.8 Å². The number of carbonyl (C=O) groups excluding carboxylic acids is 3. The van der Waals surface area contributed by atoms with Crippen molar-refractivity contribution < 1.29 is 19.1 Å². The highest BCUT2D eigenvalue weighted by atomic mass is 32.2. The molecule has 4 aliphatic rings. The molecule has 6 atom stereocenters. The maximum atomic E-state index is 12.2. The third-order valence-corrected chi connectivity index (χ3v) is 8.32. The molecule has 8 nitrogen and oxygen atoms in total. The lowest BCUT2D eigenvalue weighted by Gasteiger charge is -2.17. The zero-order valence-electron chi connectivity index (χ0n) is 17.9. The van der Waals surface area contributed by atoms with E-state index in [2.05, 4.69) is 33.4 Å². The second kappa shape index (κ2) is 10.7. The Morgan fingerprint density at radius 3 is 2.71 bits per heavy atom. The van der Waals surface area contributed by atoms with Crippen LogP contribution in [0.15, 0.2) is 12.2 Å². The predicted octanol–water partition coefficient (Wildman–Crippen LogP) is 1.17. The molecule has 0 radical (unpaired) electrons. The van der Waals surface area contributed by atoms with E-state index in [1.165, 1.54) is 0 Å². The van der Waals surface area contributed by atoms with Gasteiger partial charge in [-0.15, -0.1) is 0 Å². The molecule has 0 aromatic heterocycles. The molecule has 0 spiro atoms. The van der Waals surface area contributed by atoms with Crippen LogP contribution in [0.1, 0.15) is 38.5 Å². The number of ether oxygens (including phenoxy) is 1. The Bertz CT molecular complexity index is 703. The summed E-state index contributed by atoms with van der Waals surface area (Å²) in [7, 11) is 0. The molecule has 4 rings (SSSR count). The van der Waals surface area contributed by atoms with E-state index in [0.717, 1.165) is 37.9 Å². The molecule has 2 aliphatic carbocycles. The average molecular weight is 451 g/mol. The van der Waals surface area contributed by atoms with E-state index in [-0.39, 0.29) is 35.8 Å². The van der Waals surface area contributed by atoms with Crippen LogP contribution in [0.3, 0.4) is 0 Å². The summed E-state index contributed by atoms with van der Waals surface area (Å²) < 4.78 is 5.51. The quantitative estimate of drug-likeness (QED) is 0.203. The molecule has 2 aliphatic heterocycles. The molecule has 2 saturated heterocycles. The molecule has 9 heteroatoms. The highest BCUT2D eigenvalue weighted by Crippen LogP contribution is 2.43. The molecule has 1 saturated carbocycles. The molecule has 3 fully saturated rings. The maximum Gasteiger partial charge on any atom is 0.315 e. The Morgan fingerprint density at radius 2 is 1.94 bits per heavy atom. The lowest BCUT2D eigenvalue weighted by Crippen LogP contribution is -2.36. The van der Waals surface area contributed by atoms with Crippen molar-refractivity contribution in [3.05, 3.63) is 12.2 Å². The molecule has 172 valence electrons. The first-order valence-electron chi connectivity index (χ1n) is 11.6. The Kier molecular flexibility index (Phi) is 7.76. The summed E-state index contributed by atoms with van der Waals surface area (Å²) in [5.74, 6) is 2.33. The number of rotatable bonds is 12. The van der Waals surface area contributed by atoms with Crippen molar-refractivity contribution in [2.24, 2.45) is 17.8 Å². The molecular weight excluding hydrogens is 416 g/mol. The van der Waals surface area contributed by atoms with Crippen LogP contribution in [-0.4, -0.2) is 67.2 Å². The van der Waals surface area contributed by atoms with Crippen LogP contribution < -0.4 is 21.3 Å². The van der Waals surface area contributed by atoms with Crippen molar-refractivity contribution in [2.75, 3.05) is 32.1 Å². The minimum Gasteiger partial charge on any atom is -0.378 e. The largest absolute Gasteiger partial charge is 0.378 e. The molecule has 0 aromatic carbocycles. The fourth-order valence-electron chi connectivity index (χ4n) is 5.19. The van der Waals surface area contributed by atoms with Crippen LogP contribution in [0.2, 0.25) is 0 Å². The zero-order chi connectivity index (χ0) is 21.6. The summed E-state index contributed by atoms with van der Waals surface area (Å²) >= 11 is 1.91. The molecule has 31 heavy (non-hydrogen) atoms. The van der Waals surface area contributed by atoms with Gasteiger partial charge in [0.2, 0.25) is 11.8 Å².